The molecule has 1 heterocycles. The summed E-state index contributed by atoms with van der Waals surface area (Å²) in [4.78, 5) is 4.43. The van der Waals surface area contributed by atoms with Crippen LogP contribution in [0, 0.1) is 19.8 Å². The molecule has 0 radical (unpaired) electrons. The highest BCUT2D eigenvalue weighted by Crippen LogP contribution is 2.20. The number of imidazole rings is 1. The molecule has 1 aliphatic rings. The highest BCUT2D eigenvalue weighted by molar-refractivity contribution is 5.77. The number of aryl methyl sites for hydroxylation is 2. The van der Waals surface area contributed by atoms with Crippen molar-refractivity contribution in [2.75, 3.05) is 13.2 Å². The van der Waals surface area contributed by atoms with E-state index in [1.165, 1.54) is 17.5 Å². The van der Waals surface area contributed by atoms with Gasteiger partial charge in [-0.2, -0.15) is 0 Å². The fraction of sp³-hybridized carbons (Fsp3) is 0.526. The van der Waals surface area contributed by atoms with Crippen molar-refractivity contribution in [2.45, 2.75) is 45.8 Å². The lowest BCUT2D eigenvalue weighted by molar-refractivity contribution is 0.0131. The average Bonchev–Trinajstić information content (AvgIpc) is 2.91. The van der Waals surface area contributed by atoms with Gasteiger partial charge in [0.25, 0.3) is 0 Å². The summed E-state index contributed by atoms with van der Waals surface area (Å²) in [5.41, 5.74) is 4.54. The molecule has 23 heavy (non-hydrogen) atoms. The molecule has 0 spiro atoms. The fourth-order valence-electron chi connectivity index (χ4n) is 3.12. The summed E-state index contributed by atoms with van der Waals surface area (Å²) in [7, 11) is 0. The van der Waals surface area contributed by atoms with Gasteiger partial charge in [0.15, 0.2) is 0 Å². The SMILES string of the molecule is Cc1cc2ncn(CC(O)COCC3CC=CCC3)c2cc1C. The Morgan fingerprint density at radius 2 is 2.13 bits per heavy atom. The lowest BCUT2D eigenvalue weighted by Crippen LogP contribution is -2.23. The van der Waals surface area contributed by atoms with Crippen LogP contribution < -0.4 is 0 Å². The van der Waals surface area contributed by atoms with Crippen LogP contribution in [0.3, 0.4) is 0 Å². The van der Waals surface area contributed by atoms with Crippen LogP contribution in [-0.2, 0) is 11.3 Å². The smallest absolute Gasteiger partial charge is 0.0959 e. The quantitative estimate of drug-likeness (QED) is 0.831. The number of aliphatic hydroxyl groups is 1. The second kappa shape index (κ2) is 7.28. The minimum absolute atomic E-state index is 0.380. The third kappa shape index (κ3) is 4.01. The number of fused-ring (bicyclic) bond motifs is 1. The van der Waals surface area contributed by atoms with Crippen molar-refractivity contribution in [1.29, 1.82) is 0 Å². The number of ether oxygens (including phenoxy) is 1. The summed E-state index contributed by atoms with van der Waals surface area (Å²) in [5, 5.41) is 10.2. The van der Waals surface area contributed by atoms with Gasteiger partial charge in [0.05, 0.1) is 36.6 Å². The summed E-state index contributed by atoms with van der Waals surface area (Å²) in [6.45, 7) is 5.83. The molecule has 0 fully saturated rings. The van der Waals surface area contributed by atoms with Gasteiger partial charge in [0, 0.05) is 6.61 Å². The van der Waals surface area contributed by atoms with E-state index >= 15 is 0 Å². The molecule has 4 nitrogen and oxygen atoms in total. The topological polar surface area (TPSA) is 47.3 Å². The predicted octanol–water partition coefficient (Wildman–Crippen LogP) is 3.39. The summed E-state index contributed by atoms with van der Waals surface area (Å²) in [5.74, 6) is 0.604. The van der Waals surface area contributed by atoms with E-state index in [2.05, 4.69) is 43.1 Å². The highest BCUT2D eigenvalue weighted by Gasteiger charge is 2.13. The number of rotatable bonds is 6. The molecule has 124 valence electrons. The first-order chi connectivity index (χ1) is 11.1. The number of hydrogen-bond acceptors (Lipinski definition) is 3. The molecule has 1 aliphatic carbocycles. The Morgan fingerprint density at radius 1 is 1.30 bits per heavy atom. The van der Waals surface area contributed by atoms with Crippen molar-refractivity contribution < 1.29 is 9.84 Å². The molecule has 0 aliphatic heterocycles. The normalized spacial score (nSPS) is 19.3. The Morgan fingerprint density at radius 3 is 2.91 bits per heavy atom. The molecular formula is C19H26N2O2. The minimum atomic E-state index is -0.506. The third-order valence-corrected chi connectivity index (χ3v) is 4.69. The van der Waals surface area contributed by atoms with Crippen molar-refractivity contribution in [3.8, 4) is 0 Å². The number of aromatic nitrogens is 2. The van der Waals surface area contributed by atoms with Gasteiger partial charge in [-0.3, -0.25) is 0 Å². The molecule has 2 atom stereocenters. The monoisotopic (exact) mass is 314 g/mol. The van der Waals surface area contributed by atoms with E-state index in [0.29, 0.717) is 19.1 Å². The van der Waals surface area contributed by atoms with Crippen LogP contribution in [0.25, 0.3) is 11.0 Å². The van der Waals surface area contributed by atoms with E-state index in [0.717, 1.165) is 30.5 Å². The summed E-state index contributed by atoms with van der Waals surface area (Å²) >= 11 is 0. The second-order valence-corrected chi connectivity index (χ2v) is 6.66. The Labute approximate surface area is 137 Å². The zero-order chi connectivity index (χ0) is 16.2. The average molecular weight is 314 g/mol. The Bertz CT molecular complexity index is 690. The van der Waals surface area contributed by atoms with E-state index in [-0.39, 0.29) is 0 Å². The maximum absolute atomic E-state index is 10.2. The second-order valence-electron chi connectivity index (χ2n) is 6.66. The predicted molar refractivity (Wildman–Crippen MR) is 92.5 cm³/mol. The van der Waals surface area contributed by atoms with Gasteiger partial charge >= 0.3 is 0 Å². The first-order valence-electron chi connectivity index (χ1n) is 8.46. The molecule has 1 N–H and O–H groups in total. The Kier molecular flexibility index (Phi) is 5.13. The van der Waals surface area contributed by atoms with Gasteiger partial charge < -0.3 is 14.4 Å². The first kappa shape index (κ1) is 16.2. The third-order valence-electron chi connectivity index (χ3n) is 4.69. The molecule has 0 amide bonds. The van der Waals surface area contributed by atoms with Gasteiger partial charge in [-0.25, -0.2) is 4.98 Å². The lowest BCUT2D eigenvalue weighted by atomic mass is 9.95. The van der Waals surface area contributed by atoms with Gasteiger partial charge in [-0.15, -0.1) is 0 Å². The van der Waals surface area contributed by atoms with Gasteiger partial charge in [0.1, 0.15) is 0 Å². The molecule has 1 aromatic carbocycles. The number of aliphatic hydroxyl groups excluding tert-OH is 1. The van der Waals surface area contributed by atoms with Crippen LogP contribution in [0.5, 0.6) is 0 Å². The van der Waals surface area contributed by atoms with Crippen LogP contribution in [0.15, 0.2) is 30.6 Å². The molecular weight excluding hydrogens is 288 g/mol. The summed E-state index contributed by atoms with van der Waals surface area (Å²) < 4.78 is 7.73. The van der Waals surface area contributed by atoms with E-state index in [4.69, 9.17) is 4.74 Å². The van der Waals surface area contributed by atoms with Crippen molar-refractivity contribution in [2.24, 2.45) is 5.92 Å². The van der Waals surface area contributed by atoms with Crippen LogP contribution in [0.4, 0.5) is 0 Å². The molecule has 4 heteroatoms. The lowest BCUT2D eigenvalue weighted by Gasteiger charge is -2.19. The van der Waals surface area contributed by atoms with E-state index in [1.54, 1.807) is 6.33 Å². The number of benzene rings is 1. The minimum Gasteiger partial charge on any atom is -0.389 e. The van der Waals surface area contributed by atoms with E-state index < -0.39 is 6.10 Å². The van der Waals surface area contributed by atoms with E-state index in [1.807, 2.05) is 4.57 Å². The van der Waals surface area contributed by atoms with Crippen molar-refractivity contribution in [1.82, 2.24) is 9.55 Å². The largest absolute Gasteiger partial charge is 0.389 e. The molecule has 2 aromatic rings. The van der Waals surface area contributed by atoms with E-state index in [9.17, 15) is 5.11 Å². The standard InChI is InChI=1S/C19H26N2O2/c1-14-8-18-19(9-15(14)2)21(13-20-18)10-17(22)12-23-11-16-6-4-3-5-7-16/h3-4,8-9,13,16-17,22H,5-7,10-12H2,1-2H3. The van der Waals surface area contributed by atoms with Crippen molar-refractivity contribution >= 4 is 11.0 Å². The Balaban J connectivity index is 1.54. The van der Waals surface area contributed by atoms with Crippen LogP contribution in [0.1, 0.15) is 30.4 Å². The number of allylic oxidation sites excluding steroid dienone is 2. The Hall–Kier alpha value is -1.65. The number of nitrogens with zero attached hydrogens (tertiary/aromatic N) is 2. The van der Waals surface area contributed by atoms with Gasteiger partial charge in [-0.05, 0) is 62.3 Å². The van der Waals surface area contributed by atoms with Crippen LogP contribution in [-0.4, -0.2) is 34.0 Å². The zero-order valence-corrected chi connectivity index (χ0v) is 14.0. The molecule has 0 bridgehead atoms. The van der Waals surface area contributed by atoms with Gasteiger partial charge in [-0.1, -0.05) is 12.2 Å². The van der Waals surface area contributed by atoms with Crippen LogP contribution in [0.2, 0.25) is 0 Å². The highest BCUT2D eigenvalue weighted by atomic mass is 16.5. The first-order valence-corrected chi connectivity index (χ1v) is 8.46. The molecule has 3 rings (SSSR count). The fourth-order valence-corrected chi connectivity index (χ4v) is 3.12. The van der Waals surface area contributed by atoms with Gasteiger partial charge in [0.2, 0.25) is 0 Å². The maximum Gasteiger partial charge on any atom is 0.0959 e. The number of hydrogen-bond donors (Lipinski definition) is 1. The molecule has 1 aromatic heterocycles. The molecule has 0 saturated heterocycles. The summed E-state index contributed by atoms with van der Waals surface area (Å²) in [6, 6.07) is 4.24. The summed E-state index contributed by atoms with van der Waals surface area (Å²) in [6.07, 6.45) is 9.20. The molecule has 2 unspecified atom stereocenters. The zero-order valence-electron chi connectivity index (χ0n) is 14.0. The van der Waals surface area contributed by atoms with Crippen molar-refractivity contribution in [3.63, 3.8) is 0 Å². The van der Waals surface area contributed by atoms with Crippen LogP contribution >= 0.6 is 0 Å². The van der Waals surface area contributed by atoms with Crippen molar-refractivity contribution in [3.05, 3.63) is 41.7 Å². The molecule has 0 saturated carbocycles. The maximum atomic E-state index is 10.2.